The standard InChI is InChI=1S/C26H24O2/c1-2-18(19-8-4-3-5-9-19)16-25-22-11-7-6-10-20(22)12-14-23(25)24-15-13-21(27)17-26(24)28/h3-15,17-18,27-28H,2,16H2,1H3. The van der Waals surface area contributed by atoms with E-state index in [1.165, 1.54) is 28.0 Å². The molecule has 2 heteroatoms. The first-order valence-corrected chi connectivity index (χ1v) is 9.75. The van der Waals surface area contributed by atoms with E-state index in [1.54, 1.807) is 12.1 Å². The van der Waals surface area contributed by atoms with Crippen molar-refractivity contribution in [1.82, 2.24) is 0 Å². The highest BCUT2D eigenvalue weighted by molar-refractivity contribution is 5.93. The van der Waals surface area contributed by atoms with E-state index in [0.717, 1.165) is 24.0 Å². The van der Waals surface area contributed by atoms with E-state index in [9.17, 15) is 10.2 Å². The molecule has 4 rings (SSSR count). The molecule has 1 unspecified atom stereocenters. The van der Waals surface area contributed by atoms with Crippen molar-refractivity contribution in [1.29, 1.82) is 0 Å². The first-order valence-electron chi connectivity index (χ1n) is 9.75. The molecule has 0 fully saturated rings. The lowest BCUT2D eigenvalue weighted by Crippen LogP contribution is -2.04. The Morgan fingerprint density at radius 2 is 1.46 bits per heavy atom. The molecule has 0 aromatic heterocycles. The quantitative estimate of drug-likeness (QED) is 0.414. The summed E-state index contributed by atoms with van der Waals surface area (Å²) in [5.74, 6) is 0.564. The monoisotopic (exact) mass is 368 g/mol. The second-order valence-corrected chi connectivity index (χ2v) is 7.23. The lowest BCUT2D eigenvalue weighted by atomic mass is 9.84. The van der Waals surface area contributed by atoms with E-state index < -0.39 is 0 Å². The van der Waals surface area contributed by atoms with Gasteiger partial charge in [-0.25, -0.2) is 0 Å². The van der Waals surface area contributed by atoms with E-state index in [-0.39, 0.29) is 11.5 Å². The van der Waals surface area contributed by atoms with Crippen molar-refractivity contribution in [3.63, 3.8) is 0 Å². The lowest BCUT2D eigenvalue weighted by molar-refractivity contribution is 0.452. The fourth-order valence-corrected chi connectivity index (χ4v) is 4.03. The molecule has 4 aromatic rings. The lowest BCUT2D eigenvalue weighted by Gasteiger charge is -2.20. The average Bonchev–Trinajstić information content (AvgIpc) is 2.73. The van der Waals surface area contributed by atoms with Crippen molar-refractivity contribution in [3.05, 3.63) is 96.1 Å². The smallest absolute Gasteiger partial charge is 0.127 e. The number of hydrogen-bond donors (Lipinski definition) is 2. The van der Waals surface area contributed by atoms with Crippen LogP contribution >= 0.6 is 0 Å². The minimum Gasteiger partial charge on any atom is -0.508 e. The van der Waals surface area contributed by atoms with E-state index in [0.29, 0.717) is 5.92 Å². The van der Waals surface area contributed by atoms with Gasteiger partial charge in [-0.05, 0) is 58.4 Å². The number of rotatable bonds is 5. The Kier molecular flexibility index (Phi) is 5.03. The Labute approximate surface area is 165 Å². The molecule has 28 heavy (non-hydrogen) atoms. The molecule has 0 aliphatic rings. The van der Waals surface area contributed by atoms with Crippen LogP contribution in [0.15, 0.2) is 84.9 Å². The molecular formula is C26H24O2. The second kappa shape index (κ2) is 7.77. The molecule has 0 radical (unpaired) electrons. The third kappa shape index (κ3) is 3.46. The summed E-state index contributed by atoms with van der Waals surface area (Å²) in [5.41, 5.74) is 4.33. The molecule has 0 saturated carbocycles. The second-order valence-electron chi connectivity index (χ2n) is 7.23. The number of fused-ring (bicyclic) bond motifs is 1. The van der Waals surface area contributed by atoms with E-state index >= 15 is 0 Å². The van der Waals surface area contributed by atoms with Crippen LogP contribution in [0.4, 0.5) is 0 Å². The van der Waals surface area contributed by atoms with Crippen LogP contribution in [0.5, 0.6) is 11.5 Å². The molecule has 1 atom stereocenters. The van der Waals surface area contributed by atoms with Crippen molar-refractivity contribution >= 4 is 10.8 Å². The molecule has 4 aromatic carbocycles. The fourth-order valence-electron chi connectivity index (χ4n) is 4.03. The van der Waals surface area contributed by atoms with Crippen molar-refractivity contribution in [3.8, 4) is 22.6 Å². The first-order chi connectivity index (χ1) is 13.7. The van der Waals surface area contributed by atoms with Gasteiger partial charge in [0.1, 0.15) is 11.5 Å². The maximum absolute atomic E-state index is 10.5. The molecule has 0 heterocycles. The zero-order valence-electron chi connectivity index (χ0n) is 16.0. The van der Waals surface area contributed by atoms with Crippen LogP contribution in [0.2, 0.25) is 0 Å². The van der Waals surface area contributed by atoms with Gasteiger partial charge in [0, 0.05) is 11.6 Å². The largest absolute Gasteiger partial charge is 0.508 e. The summed E-state index contributed by atoms with van der Waals surface area (Å²) in [6.07, 6.45) is 1.92. The number of phenolic OH excluding ortho intramolecular Hbond substituents is 2. The summed E-state index contributed by atoms with van der Waals surface area (Å²) < 4.78 is 0. The number of aromatic hydroxyl groups is 2. The van der Waals surface area contributed by atoms with Gasteiger partial charge in [0.05, 0.1) is 0 Å². The van der Waals surface area contributed by atoms with Gasteiger partial charge >= 0.3 is 0 Å². The van der Waals surface area contributed by atoms with Gasteiger partial charge < -0.3 is 10.2 Å². The van der Waals surface area contributed by atoms with Gasteiger partial charge in [-0.1, -0.05) is 73.7 Å². The highest BCUT2D eigenvalue weighted by atomic mass is 16.3. The molecule has 0 aliphatic carbocycles. The normalized spacial score (nSPS) is 12.2. The van der Waals surface area contributed by atoms with Gasteiger partial charge in [-0.15, -0.1) is 0 Å². The highest BCUT2D eigenvalue weighted by Crippen LogP contribution is 2.39. The van der Waals surface area contributed by atoms with Crippen molar-refractivity contribution in [2.45, 2.75) is 25.7 Å². The van der Waals surface area contributed by atoms with Crippen LogP contribution in [0.25, 0.3) is 21.9 Å². The molecule has 0 aliphatic heterocycles. The predicted molar refractivity (Wildman–Crippen MR) is 116 cm³/mol. The minimum absolute atomic E-state index is 0.0688. The Morgan fingerprint density at radius 1 is 0.750 bits per heavy atom. The Hall–Kier alpha value is -3.26. The molecule has 140 valence electrons. The van der Waals surface area contributed by atoms with Crippen LogP contribution in [-0.2, 0) is 6.42 Å². The maximum atomic E-state index is 10.5. The van der Waals surface area contributed by atoms with Gasteiger partial charge in [0.15, 0.2) is 0 Å². The predicted octanol–water partition coefficient (Wildman–Crippen LogP) is 6.65. The van der Waals surface area contributed by atoms with Gasteiger partial charge in [-0.2, -0.15) is 0 Å². The SMILES string of the molecule is CCC(Cc1c(-c2ccc(O)cc2O)ccc2ccccc12)c1ccccc1. The number of phenols is 2. The summed E-state index contributed by atoms with van der Waals surface area (Å²) >= 11 is 0. The van der Waals surface area contributed by atoms with Crippen molar-refractivity contribution < 1.29 is 10.2 Å². The first kappa shape index (κ1) is 18.1. The third-order valence-electron chi connectivity index (χ3n) is 5.53. The minimum atomic E-state index is 0.0688. The summed E-state index contributed by atoms with van der Waals surface area (Å²) in [6, 6.07) is 28.0. The van der Waals surface area contributed by atoms with Crippen molar-refractivity contribution in [2.24, 2.45) is 0 Å². The highest BCUT2D eigenvalue weighted by Gasteiger charge is 2.18. The summed E-state index contributed by atoms with van der Waals surface area (Å²) in [7, 11) is 0. The van der Waals surface area contributed by atoms with Crippen LogP contribution in [0.1, 0.15) is 30.4 Å². The number of benzene rings is 4. The van der Waals surface area contributed by atoms with E-state index in [4.69, 9.17) is 0 Å². The van der Waals surface area contributed by atoms with Gasteiger partial charge in [0.2, 0.25) is 0 Å². The summed E-state index contributed by atoms with van der Waals surface area (Å²) in [4.78, 5) is 0. The third-order valence-corrected chi connectivity index (χ3v) is 5.53. The van der Waals surface area contributed by atoms with Gasteiger partial charge in [-0.3, -0.25) is 0 Å². The molecular weight excluding hydrogens is 344 g/mol. The molecule has 0 spiro atoms. The van der Waals surface area contributed by atoms with Gasteiger partial charge in [0.25, 0.3) is 0 Å². The Morgan fingerprint density at radius 3 is 2.21 bits per heavy atom. The summed E-state index contributed by atoms with van der Waals surface area (Å²) in [5, 5.41) is 22.6. The average molecular weight is 368 g/mol. The zero-order chi connectivity index (χ0) is 19.5. The van der Waals surface area contributed by atoms with Crippen molar-refractivity contribution in [2.75, 3.05) is 0 Å². The van der Waals surface area contributed by atoms with Crippen LogP contribution in [0, 0.1) is 0 Å². The molecule has 0 bridgehead atoms. The Bertz CT molecular complexity index is 1100. The molecule has 0 saturated heterocycles. The zero-order valence-corrected chi connectivity index (χ0v) is 16.0. The molecule has 2 nitrogen and oxygen atoms in total. The number of hydrogen-bond acceptors (Lipinski definition) is 2. The Balaban J connectivity index is 1.89. The van der Waals surface area contributed by atoms with E-state index in [2.05, 4.69) is 67.6 Å². The van der Waals surface area contributed by atoms with Crippen LogP contribution in [0.3, 0.4) is 0 Å². The van der Waals surface area contributed by atoms with Crippen LogP contribution < -0.4 is 0 Å². The molecule has 0 amide bonds. The fraction of sp³-hybridized carbons (Fsp3) is 0.154. The van der Waals surface area contributed by atoms with Crippen LogP contribution in [-0.4, -0.2) is 10.2 Å². The summed E-state index contributed by atoms with van der Waals surface area (Å²) in [6.45, 7) is 2.22. The maximum Gasteiger partial charge on any atom is 0.127 e. The molecule has 2 N–H and O–H groups in total. The van der Waals surface area contributed by atoms with E-state index in [1.807, 2.05) is 6.07 Å². The topological polar surface area (TPSA) is 40.5 Å².